The van der Waals surface area contributed by atoms with Gasteiger partial charge in [-0.1, -0.05) is 18.2 Å². The van der Waals surface area contributed by atoms with E-state index >= 15 is 0 Å². The number of carbonyl (C=O) groups excluding carboxylic acids is 1. The molecule has 1 heterocycles. The Bertz CT molecular complexity index is 972. The molecule has 0 aliphatic carbocycles. The van der Waals surface area contributed by atoms with Crippen LogP contribution in [-0.4, -0.2) is 82.5 Å². The SMILES string of the molecule is COc1cc(/C=C/C(=O)O[C@H]2[C@H](O)[C@@H](O)[C@H](OCCc3ccc(O)cc3)O[C@@H]2CO)ccc1O. The summed E-state index contributed by atoms with van der Waals surface area (Å²) in [5, 5.41) is 49.5. The molecular weight excluding hydrogens is 448 g/mol. The van der Waals surface area contributed by atoms with Gasteiger partial charge in [-0.15, -0.1) is 0 Å². The zero-order valence-corrected chi connectivity index (χ0v) is 18.5. The van der Waals surface area contributed by atoms with E-state index in [0.29, 0.717) is 12.0 Å². The fourth-order valence-corrected chi connectivity index (χ4v) is 3.43. The topological polar surface area (TPSA) is 155 Å². The number of phenolic OH excluding ortho intramolecular Hbond substituents is 2. The highest BCUT2D eigenvalue weighted by Gasteiger charge is 2.46. The smallest absolute Gasteiger partial charge is 0.331 e. The number of esters is 1. The number of aliphatic hydroxyl groups excluding tert-OH is 3. The number of ether oxygens (including phenoxy) is 4. The van der Waals surface area contributed by atoms with Crippen molar-refractivity contribution in [3.63, 3.8) is 0 Å². The number of hydrogen-bond acceptors (Lipinski definition) is 10. The van der Waals surface area contributed by atoms with Crippen LogP contribution in [0.25, 0.3) is 6.08 Å². The molecule has 1 aliphatic rings. The standard InChI is InChI=1S/C24H28O10/c1-31-18-12-15(4-8-17(18)27)5-9-20(28)34-23-19(13-25)33-24(22(30)21(23)29)32-11-10-14-2-6-16(26)7-3-14/h2-9,12,19,21-27,29-30H,10-11,13H2,1H3/b9-5+/t19-,21-,22-,23-,24-/m1/s1. The number of phenols is 2. The van der Waals surface area contributed by atoms with Crippen LogP contribution < -0.4 is 4.74 Å². The molecule has 5 atom stereocenters. The predicted molar refractivity (Wildman–Crippen MR) is 119 cm³/mol. The van der Waals surface area contributed by atoms with Crippen LogP contribution in [-0.2, 0) is 25.4 Å². The Morgan fingerprint density at radius 2 is 1.82 bits per heavy atom. The number of hydrogen-bond donors (Lipinski definition) is 5. The van der Waals surface area contributed by atoms with Crippen molar-refractivity contribution in [1.29, 1.82) is 0 Å². The van der Waals surface area contributed by atoms with Crippen LogP contribution in [0.2, 0.25) is 0 Å². The number of rotatable bonds is 9. The van der Waals surface area contributed by atoms with Crippen LogP contribution in [0.4, 0.5) is 0 Å². The highest BCUT2D eigenvalue weighted by atomic mass is 16.7. The minimum Gasteiger partial charge on any atom is -0.508 e. The maximum Gasteiger partial charge on any atom is 0.331 e. The van der Waals surface area contributed by atoms with Crippen LogP contribution >= 0.6 is 0 Å². The highest BCUT2D eigenvalue weighted by Crippen LogP contribution is 2.27. The quantitative estimate of drug-likeness (QED) is 0.258. The molecule has 0 amide bonds. The monoisotopic (exact) mass is 476 g/mol. The van der Waals surface area contributed by atoms with Crippen molar-refractivity contribution in [2.75, 3.05) is 20.3 Å². The van der Waals surface area contributed by atoms with E-state index in [-0.39, 0.29) is 23.9 Å². The second-order valence-corrected chi connectivity index (χ2v) is 7.66. The second kappa shape index (κ2) is 11.8. The number of aliphatic hydroxyl groups is 3. The van der Waals surface area contributed by atoms with Gasteiger partial charge in [0.1, 0.15) is 24.1 Å². The van der Waals surface area contributed by atoms with Crippen molar-refractivity contribution in [3.05, 3.63) is 59.7 Å². The van der Waals surface area contributed by atoms with Gasteiger partial charge in [0.25, 0.3) is 0 Å². The molecule has 1 fully saturated rings. The summed E-state index contributed by atoms with van der Waals surface area (Å²) in [6.07, 6.45) is -3.80. The van der Waals surface area contributed by atoms with Crippen molar-refractivity contribution in [3.8, 4) is 17.2 Å². The molecule has 0 bridgehead atoms. The lowest BCUT2D eigenvalue weighted by Crippen LogP contribution is -2.60. The second-order valence-electron chi connectivity index (χ2n) is 7.66. The molecule has 3 rings (SSSR count). The molecule has 2 aromatic carbocycles. The first-order chi connectivity index (χ1) is 16.3. The minimum absolute atomic E-state index is 0.0516. The van der Waals surface area contributed by atoms with Crippen LogP contribution in [0, 0.1) is 0 Å². The molecule has 0 spiro atoms. The summed E-state index contributed by atoms with van der Waals surface area (Å²) in [4.78, 5) is 12.3. The molecule has 2 aromatic rings. The van der Waals surface area contributed by atoms with E-state index < -0.39 is 43.3 Å². The van der Waals surface area contributed by atoms with E-state index in [1.54, 1.807) is 30.3 Å². The van der Waals surface area contributed by atoms with Crippen molar-refractivity contribution < 1.29 is 49.3 Å². The maximum atomic E-state index is 12.3. The van der Waals surface area contributed by atoms with Crippen LogP contribution in [0.1, 0.15) is 11.1 Å². The number of benzene rings is 2. The van der Waals surface area contributed by atoms with Gasteiger partial charge in [-0.3, -0.25) is 0 Å². The summed E-state index contributed by atoms with van der Waals surface area (Å²) in [7, 11) is 1.39. The van der Waals surface area contributed by atoms with Gasteiger partial charge in [-0.2, -0.15) is 0 Å². The van der Waals surface area contributed by atoms with E-state index in [2.05, 4.69) is 0 Å². The number of methoxy groups -OCH3 is 1. The maximum absolute atomic E-state index is 12.3. The van der Waals surface area contributed by atoms with Gasteiger partial charge >= 0.3 is 5.97 Å². The Morgan fingerprint density at radius 1 is 1.09 bits per heavy atom. The zero-order chi connectivity index (χ0) is 24.7. The third kappa shape index (κ3) is 6.46. The molecule has 0 unspecified atom stereocenters. The highest BCUT2D eigenvalue weighted by molar-refractivity contribution is 5.87. The Morgan fingerprint density at radius 3 is 2.50 bits per heavy atom. The van der Waals surface area contributed by atoms with Gasteiger partial charge in [0, 0.05) is 6.08 Å². The van der Waals surface area contributed by atoms with E-state index in [9.17, 15) is 30.3 Å². The third-order valence-electron chi connectivity index (χ3n) is 5.30. The first-order valence-corrected chi connectivity index (χ1v) is 10.6. The largest absolute Gasteiger partial charge is 0.508 e. The van der Waals surface area contributed by atoms with E-state index in [1.165, 1.54) is 25.3 Å². The molecule has 0 saturated carbocycles. The number of aromatic hydroxyl groups is 2. The molecule has 10 heteroatoms. The molecule has 10 nitrogen and oxygen atoms in total. The molecule has 0 aromatic heterocycles. The lowest BCUT2D eigenvalue weighted by molar-refractivity contribution is -0.302. The minimum atomic E-state index is -1.56. The van der Waals surface area contributed by atoms with Gasteiger partial charge in [-0.05, 0) is 47.9 Å². The lowest BCUT2D eigenvalue weighted by Gasteiger charge is -2.41. The summed E-state index contributed by atoms with van der Waals surface area (Å²) in [5.41, 5.74) is 1.43. The van der Waals surface area contributed by atoms with Gasteiger partial charge < -0.3 is 44.5 Å². The Balaban J connectivity index is 1.56. The summed E-state index contributed by atoms with van der Waals surface area (Å²) in [6, 6.07) is 11.0. The fourth-order valence-electron chi connectivity index (χ4n) is 3.43. The molecule has 34 heavy (non-hydrogen) atoms. The zero-order valence-electron chi connectivity index (χ0n) is 18.5. The van der Waals surface area contributed by atoms with E-state index in [4.69, 9.17) is 18.9 Å². The van der Waals surface area contributed by atoms with Crippen molar-refractivity contribution in [1.82, 2.24) is 0 Å². The molecule has 5 N–H and O–H groups in total. The fraction of sp³-hybridized carbons (Fsp3) is 0.375. The first kappa shape index (κ1) is 25.5. The van der Waals surface area contributed by atoms with Crippen molar-refractivity contribution in [2.24, 2.45) is 0 Å². The lowest BCUT2D eigenvalue weighted by atomic mass is 9.99. The predicted octanol–water partition coefficient (Wildman–Crippen LogP) is 0.730. The number of carbonyl (C=O) groups is 1. The van der Waals surface area contributed by atoms with Gasteiger partial charge in [0.2, 0.25) is 0 Å². The Hall–Kier alpha value is -3.15. The van der Waals surface area contributed by atoms with Gasteiger partial charge in [0.05, 0.1) is 20.3 Å². The molecule has 0 radical (unpaired) electrons. The molecule has 184 valence electrons. The van der Waals surface area contributed by atoms with Crippen molar-refractivity contribution in [2.45, 2.75) is 37.1 Å². The Labute approximate surface area is 196 Å². The van der Waals surface area contributed by atoms with Crippen LogP contribution in [0.15, 0.2) is 48.5 Å². The normalized spacial score (nSPS) is 24.8. The first-order valence-electron chi connectivity index (χ1n) is 10.6. The average molecular weight is 476 g/mol. The summed E-state index contributed by atoms with van der Waals surface area (Å²) in [5.74, 6) is -0.518. The van der Waals surface area contributed by atoms with E-state index in [1.807, 2.05) is 0 Å². The molecular formula is C24H28O10. The van der Waals surface area contributed by atoms with Gasteiger partial charge in [-0.25, -0.2) is 4.79 Å². The third-order valence-corrected chi connectivity index (χ3v) is 5.30. The Kier molecular flexibility index (Phi) is 8.85. The van der Waals surface area contributed by atoms with Crippen molar-refractivity contribution >= 4 is 12.0 Å². The molecule has 1 aliphatic heterocycles. The van der Waals surface area contributed by atoms with Gasteiger partial charge in [0.15, 0.2) is 23.9 Å². The average Bonchev–Trinajstić information content (AvgIpc) is 2.84. The van der Waals surface area contributed by atoms with E-state index in [0.717, 1.165) is 11.6 Å². The van der Waals surface area contributed by atoms with Crippen LogP contribution in [0.3, 0.4) is 0 Å². The molecule has 1 saturated heterocycles. The summed E-state index contributed by atoms with van der Waals surface area (Å²) >= 11 is 0. The summed E-state index contributed by atoms with van der Waals surface area (Å²) < 4.78 is 21.3. The van der Waals surface area contributed by atoms with Crippen LogP contribution in [0.5, 0.6) is 17.2 Å². The summed E-state index contributed by atoms with van der Waals surface area (Å²) in [6.45, 7) is -0.445.